The lowest BCUT2D eigenvalue weighted by molar-refractivity contribution is 0.555. The highest BCUT2D eigenvalue weighted by Crippen LogP contribution is 2.21. The van der Waals surface area contributed by atoms with Crippen LogP contribution in [0.2, 0.25) is 0 Å². The van der Waals surface area contributed by atoms with Crippen molar-refractivity contribution < 1.29 is 8.42 Å². The monoisotopic (exact) mass is 312 g/mol. The van der Waals surface area contributed by atoms with Crippen molar-refractivity contribution in [3.05, 3.63) is 20.8 Å². The molecule has 0 saturated heterocycles. The molecule has 2 N–H and O–H groups in total. The molecule has 0 atom stereocenters. The van der Waals surface area contributed by atoms with Crippen molar-refractivity contribution >= 4 is 37.5 Å². The van der Waals surface area contributed by atoms with E-state index < -0.39 is 10.2 Å². The van der Waals surface area contributed by atoms with Crippen LogP contribution in [-0.4, -0.2) is 14.5 Å². The fourth-order valence-corrected chi connectivity index (χ4v) is 3.53. The van der Waals surface area contributed by atoms with Crippen molar-refractivity contribution in [2.75, 3.05) is 0 Å². The maximum atomic E-state index is 11.4. The molecule has 0 bridgehead atoms. The van der Waals surface area contributed by atoms with Gasteiger partial charge < -0.3 is 0 Å². The first-order valence-electron chi connectivity index (χ1n) is 4.40. The second-order valence-corrected chi connectivity index (χ2v) is 7.38. The van der Waals surface area contributed by atoms with E-state index in [2.05, 4.69) is 25.4 Å². The van der Waals surface area contributed by atoms with E-state index in [4.69, 9.17) is 0 Å². The van der Waals surface area contributed by atoms with E-state index in [0.717, 1.165) is 8.66 Å². The molecule has 7 heteroatoms. The number of nitrogens with one attached hydrogen (secondary N) is 2. The summed E-state index contributed by atoms with van der Waals surface area (Å²) < 4.78 is 28.7. The molecule has 0 aromatic carbocycles. The number of hydrogen-bond acceptors (Lipinski definition) is 3. The van der Waals surface area contributed by atoms with Crippen molar-refractivity contribution in [2.45, 2.75) is 26.4 Å². The fourth-order valence-electron chi connectivity index (χ4n) is 0.965. The Morgan fingerprint density at radius 1 is 1.47 bits per heavy atom. The van der Waals surface area contributed by atoms with Gasteiger partial charge in [-0.2, -0.15) is 17.9 Å². The molecule has 15 heavy (non-hydrogen) atoms. The first-order valence-corrected chi connectivity index (χ1v) is 7.49. The molecule has 0 amide bonds. The first-order chi connectivity index (χ1) is 6.89. The zero-order chi connectivity index (χ0) is 11.5. The third-order valence-corrected chi connectivity index (χ3v) is 4.39. The largest absolute Gasteiger partial charge is 0.277 e. The van der Waals surface area contributed by atoms with Crippen LogP contribution in [0.3, 0.4) is 0 Å². The van der Waals surface area contributed by atoms with Crippen molar-refractivity contribution in [1.82, 2.24) is 9.44 Å². The molecular formula is C8H13BrN2O2S2. The Hall–Kier alpha value is 0.0500. The van der Waals surface area contributed by atoms with Gasteiger partial charge in [-0.05, 0) is 41.9 Å². The van der Waals surface area contributed by atoms with E-state index in [1.54, 1.807) is 13.8 Å². The highest BCUT2D eigenvalue weighted by atomic mass is 79.9. The molecule has 86 valence electrons. The lowest BCUT2D eigenvalue weighted by atomic mass is 10.4. The predicted octanol–water partition coefficient (Wildman–Crippen LogP) is 1.84. The maximum Gasteiger partial charge on any atom is 0.277 e. The zero-order valence-corrected chi connectivity index (χ0v) is 11.7. The summed E-state index contributed by atoms with van der Waals surface area (Å²) in [6, 6.07) is 3.68. The van der Waals surface area contributed by atoms with Crippen LogP contribution in [0.4, 0.5) is 0 Å². The predicted molar refractivity (Wildman–Crippen MR) is 66.1 cm³/mol. The number of thiophene rings is 1. The molecule has 0 saturated carbocycles. The highest BCUT2D eigenvalue weighted by molar-refractivity contribution is 9.11. The lowest BCUT2D eigenvalue weighted by Gasteiger charge is -2.09. The fraction of sp³-hybridized carbons (Fsp3) is 0.500. The molecule has 0 unspecified atom stereocenters. The number of rotatable bonds is 5. The minimum atomic E-state index is -3.38. The summed E-state index contributed by atoms with van der Waals surface area (Å²) in [4.78, 5) is 0.969. The van der Waals surface area contributed by atoms with E-state index in [-0.39, 0.29) is 6.04 Å². The second-order valence-electron chi connectivity index (χ2n) is 3.30. The van der Waals surface area contributed by atoms with Gasteiger partial charge in [-0.3, -0.25) is 0 Å². The van der Waals surface area contributed by atoms with Gasteiger partial charge >= 0.3 is 0 Å². The van der Waals surface area contributed by atoms with Crippen LogP contribution in [0.25, 0.3) is 0 Å². The number of hydrogen-bond donors (Lipinski definition) is 2. The molecule has 1 heterocycles. The Morgan fingerprint density at radius 3 is 2.60 bits per heavy atom. The van der Waals surface area contributed by atoms with Gasteiger partial charge in [0.2, 0.25) is 0 Å². The van der Waals surface area contributed by atoms with E-state index in [1.807, 2.05) is 12.1 Å². The summed E-state index contributed by atoms with van der Waals surface area (Å²) in [5.41, 5.74) is 0. The van der Waals surface area contributed by atoms with Crippen LogP contribution in [0.5, 0.6) is 0 Å². The van der Waals surface area contributed by atoms with Gasteiger partial charge in [0.05, 0.1) is 3.79 Å². The van der Waals surface area contributed by atoms with Gasteiger partial charge in [-0.1, -0.05) is 0 Å². The molecule has 1 aromatic rings. The van der Waals surface area contributed by atoms with Gasteiger partial charge in [0.1, 0.15) is 0 Å². The minimum Gasteiger partial charge on any atom is -0.200 e. The summed E-state index contributed by atoms with van der Waals surface area (Å²) in [7, 11) is -3.38. The van der Waals surface area contributed by atoms with E-state index in [1.165, 1.54) is 11.3 Å². The van der Waals surface area contributed by atoms with Gasteiger partial charge in [0.15, 0.2) is 0 Å². The summed E-state index contributed by atoms with van der Waals surface area (Å²) in [5, 5.41) is 0. The quantitative estimate of drug-likeness (QED) is 0.871. The SMILES string of the molecule is CC(C)NS(=O)(=O)NCc1ccc(Br)s1. The molecule has 4 nitrogen and oxygen atoms in total. The summed E-state index contributed by atoms with van der Waals surface area (Å²) >= 11 is 4.83. The van der Waals surface area contributed by atoms with Crippen molar-refractivity contribution in [3.63, 3.8) is 0 Å². The van der Waals surface area contributed by atoms with Crippen LogP contribution in [-0.2, 0) is 16.8 Å². The molecular weight excluding hydrogens is 300 g/mol. The van der Waals surface area contributed by atoms with Crippen molar-refractivity contribution in [3.8, 4) is 0 Å². The van der Waals surface area contributed by atoms with Gasteiger partial charge in [-0.25, -0.2) is 0 Å². The Morgan fingerprint density at radius 2 is 2.13 bits per heavy atom. The summed E-state index contributed by atoms with van der Waals surface area (Å²) in [6.45, 7) is 3.88. The topological polar surface area (TPSA) is 58.2 Å². The van der Waals surface area contributed by atoms with Crippen LogP contribution in [0.15, 0.2) is 15.9 Å². The van der Waals surface area contributed by atoms with Crippen LogP contribution >= 0.6 is 27.3 Å². The van der Waals surface area contributed by atoms with E-state index in [9.17, 15) is 8.42 Å². The Balaban J connectivity index is 2.50. The summed E-state index contributed by atoms with van der Waals surface area (Å²) in [6.07, 6.45) is 0. The lowest BCUT2D eigenvalue weighted by Crippen LogP contribution is -2.39. The summed E-state index contributed by atoms with van der Waals surface area (Å²) in [5.74, 6) is 0. The zero-order valence-electron chi connectivity index (χ0n) is 8.45. The molecule has 1 rings (SSSR count). The van der Waals surface area contributed by atoms with Gasteiger partial charge in [0, 0.05) is 17.5 Å². The Labute approximate surface area is 102 Å². The molecule has 0 aliphatic carbocycles. The third kappa shape index (κ3) is 5.07. The van der Waals surface area contributed by atoms with Crippen LogP contribution in [0.1, 0.15) is 18.7 Å². The molecule has 0 fully saturated rings. The molecule has 0 spiro atoms. The average Bonchev–Trinajstić information content (AvgIpc) is 2.46. The molecule has 0 aliphatic heterocycles. The third-order valence-electron chi connectivity index (χ3n) is 1.46. The highest BCUT2D eigenvalue weighted by Gasteiger charge is 2.10. The molecule has 0 aliphatic rings. The number of halogens is 1. The van der Waals surface area contributed by atoms with Crippen LogP contribution < -0.4 is 9.44 Å². The maximum absolute atomic E-state index is 11.4. The van der Waals surface area contributed by atoms with Crippen molar-refractivity contribution in [1.29, 1.82) is 0 Å². The second kappa shape index (κ2) is 5.40. The minimum absolute atomic E-state index is 0.0995. The molecule has 1 aromatic heterocycles. The van der Waals surface area contributed by atoms with E-state index in [0.29, 0.717) is 6.54 Å². The normalized spacial score (nSPS) is 12.3. The smallest absolute Gasteiger partial charge is 0.200 e. The Bertz CT molecular complexity index is 414. The molecule has 0 radical (unpaired) electrons. The Kier molecular flexibility index (Phi) is 4.72. The average molecular weight is 313 g/mol. The van der Waals surface area contributed by atoms with Gasteiger partial charge in [0.25, 0.3) is 10.2 Å². The van der Waals surface area contributed by atoms with Crippen LogP contribution in [0, 0.1) is 0 Å². The van der Waals surface area contributed by atoms with E-state index >= 15 is 0 Å². The standard InChI is InChI=1S/C8H13BrN2O2S2/c1-6(2)11-15(12,13)10-5-7-3-4-8(9)14-7/h3-4,6,10-11H,5H2,1-2H3. The van der Waals surface area contributed by atoms with Gasteiger partial charge in [-0.15, -0.1) is 11.3 Å². The van der Waals surface area contributed by atoms with Crippen molar-refractivity contribution in [2.24, 2.45) is 0 Å². The first kappa shape index (κ1) is 13.1.